The molecular formula is C44H29NO. The Kier molecular flexibility index (Phi) is 6.17. The van der Waals surface area contributed by atoms with Gasteiger partial charge in [-0.25, -0.2) is 0 Å². The molecule has 46 heavy (non-hydrogen) atoms. The highest BCUT2D eigenvalue weighted by atomic mass is 16.3. The highest BCUT2D eigenvalue weighted by Gasteiger charge is 2.22. The lowest BCUT2D eigenvalue weighted by Gasteiger charge is -2.28. The molecule has 0 unspecified atom stereocenters. The van der Waals surface area contributed by atoms with Crippen molar-refractivity contribution in [2.24, 2.45) is 0 Å². The van der Waals surface area contributed by atoms with Gasteiger partial charge in [0, 0.05) is 21.8 Å². The second kappa shape index (κ2) is 10.8. The Morgan fingerprint density at radius 3 is 1.80 bits per heavy atom. The largest absolute Gasteiger partial charge is 0.455 e. The van der Waals surface area contributed by atoms with E-state index in [0.717, 1.165) is 44.4 Å². The Hall–Kier alpha value is -6.12. The number of furan rings is 1. The first-order valence-electron chi connectivity index (χ1n) is 15.7. The summed E-state index contributed by atoms with van der Waals surface area (Å²) >= 11 is 0. The quantitative estimate of drug-likeness (QED) is 0.199. The lowest BCUT2D eigenvalue weighted by Crippen LogP contribution is -2.11. The van der Waals surface area contributed by atoms with Crippen LogP contribution in [0.3, 0.4) is 0 Å². The van der Waals surface area contributed by atoms with E-state index in [4.69, 9.17) is 4.42 Å². The number of rotatable bonds is 5. The molecule has 2 heteroatoms. The van der Waals surface area contributed by atoms with Crippen LogP contribution in [-0.4, -0.2) is 0 Å². The molecule has 0 saturated carbocycles. The van der Waals surface area contributed by atoms with Crippen molar-refractivity contribution in [2.75, 3.05) is 4.90 Å². The van der Waals surface area contributed by atoms with Crippen LogP contribution in [0, 0.1) is 0 Å². The van der Waals surface area contributed by atoms with Crippen LogP contribution in [0.5, 0.6) is 0 Å². The Balaban J connectivity index is 1.32. The zero-order valence-corrected chi connectivity index (χ0v) is 25.1. The van der Waals surface area contributed by atoms with E-state index in [1.54, 1.807) is 0 Å². The van der Waals surface area contributed by atoms with Crippen LogP contribution in [0.1, 0.15) is 0 Å². The average Bonchev–Trinajstić information content (AvgIpc) is 3.53. The Morgan fingerprint density at radius 1 is 0.370 bits per heavy atom. The van der Waals surface area contributed by atoms with Gasteiger partial charge in [0.15, 0.2) is 0 Å². The molecule has 0 atom stereocenters. The minimum Gasteiger partial charge on any atom is -0.455 e. The van der Waals surface area contributed by atoms with Crippen molar-refractivity contribution in [2.45, 2.75) is 0 Å². The lowest BCUT2D eigenvalue weighted by atomic mass is 9.96. The summed E-state index contributed by atoms with van der Waals surface area (Å²) in [5, 5.41) is 6.91. The van der Waals surface area contributed by atoms with Gasteiger partial charge in [0.2, 0.25) is 0 Å². The number of benzene rings is 8. The molecule has 0 saturated heterocycles. The molecule has 1 aromatic heterocycles. The summed E-state index contributed by atoms with van der Waals surface area (Å²) < 4.78 is 6.64. The Labute approximate surface area is 267 Å². The van der Waals surface area contributed by atoms with Gasteiger partial charge >= 0.3 is 0 Å². The maximum Gasteiger partial charge on any atom is 0.143 e. The van der Waals surface area contributed by atoms with E-state index in [1.807, 2.05) is 0 Å². The van der Waals surface area contributed by atoms with Crippen molar-refractivity contribution in [1.29, 1.82) is 0 Å². The Bertz CT molecular complexity index is 2510. The van der Waals surface area contributed by atoms with Gasteiger partial charge in [0.25, 0.3) is 0 Å². The van der Waals surface area contributed by atoms with Crippen molar-refractivity contribution in [3.05, 3.63) is 176 Å². The minimum absolute atomic E-state index is 0.875. The van der Waals surface area contributed by atoms with Gasteiger partial charge in [-0.1, -0.05) is 140 Å². The summed E-state index contributed by atoms with van der Waals surface area (Å²) in [5.41, 5.74) is 9.89. The van der Waals surface area contributed by atoms with Crippen molar-refractivity contribution < 1.29 is 4.42 Å². The van der Waals surface area contributed by atoms with Crippen molar-refractivity contribution >= 4 is 60.5 Å². The zero-order valence-electron chi connectivity index (χ0n) is 25.1. The summed E-state index contributed by atoms with van der Waals surface area (Å²) in [4.78, 5) is 2.40. The molecule has 1 heterocycles. The Morgan fingerprint density at radius 2 is 1.02 bits per heavy atom. The van der Waals surface area contributed by atoms with Gasteiger partial charge in [-0.2, -0.15) is 0 Å². The first kappa shape index (κ1) is 26.3. The van der Waals surface area contributed by atoms with E-state index in [0.29, 0.717) is 0 Å². The first-order chi connectivity index (χ1) is 22.8. The van der Waals surface area contributed by atoms with Crippen LogP contribution in [0.4, 0.5) is 17.1 Å². The monoisotopic (exact) mass is 587 g/mol. The molecule has 2 nitrogen and oxygen atoms in total. The highest BCUT2D eigenvalue weighted by molar-refractivity contribution is 6.20. The van der Waals surface area contributed by atoms with Crippen LogP contribution >= 0.6 is 0 Å². The van der Waals surface area contributed by atoms with Gasteiger partial charge in [-0.15, -0.1) is 0 Å². The molecule has 0 aliphatic heterocycles. The maximum atomic E-state index is 6.64. The molecule has 0 amide bonds. The van der Waals surface area contributed by atoms with E-state index in [9.17, 15) is 0 Å². The summed E-state index contributed by atoms with van der Waals surface area (Å²) in [7, 11) is 0. The van der Waals surface area contributed by atoms with Crippen LogP contribution in [0.15, 0.2) is 180 Å². The fraction of sp³-hybridized carbons (Fsp3) is 0. The van der Waals surface area contributed by atoms with Crippen LogP contribution in [0.25, 0.3) is 65.7 Å². The predicted octanol–water partition coefficient (Wildman–Crippen LogP) is 12.7. The second-order valence-electron chi connectivity index (χ2n) is 11.7. The molecule has 0 aliphatic rings. The number of nitrogens with zero attached hydrogens (tertiary/aromatic N) is 1. The standard InChI is InChI=1S/C44H29NO/c1-3-12-30(13-4-1)31-22-25-34(26-23-31)45(40-29-28-35(32-14-5-2-6-15-32)37-18-9-10-19-38(37)40)41-20-11-21-42-43(41)39-27-24-33-16-7-8-17-36(33)44(39)46-42/h1-29H. The minimum atomic E-state index is 0.875. The van der Waals surface area contributed by atoms with Crippen LogP contribution in [0.2, 0.25) is 0 Å². The van der Waals surface area contributed by atoms with E-state index < -0.39 is 0 Å². The fourth-order valence-electron chi connectivity index (χ4n) is 6.91. The molecule has 0 radical (unpaired) electrons. The van der Waals surface area contributed by atoms with Gasteiger partial charge in [0.1, 0.15) is 11.2 Å². The predicted molar refractivity (Wildman–Crippen MR) is 194 cm³/mol. The summed E-state index contributed by atoms with van der Waals surface area (Å²) in [6, 6.07) is 62.7. The SMILES string of the molecule is c1ccc(-c2ccc(N(c3ccc(-c4ccccc4)c4ccccc34)c3cccc4oc5c6ccccc6ccc5c34)cc2)cc1. The average molecular weight is 588 g/mol. The smallest absolute Gasteiger partial charge is 0.143 e. The topological polar surface area (TPSA) is 16.4 Å². The zero-order chi connectivity index (χ0) is 30.5. The molecule has 9 aromatic rings. The molecule has 9 rings (SSSR count). The van der Waals surface area contributed by atoms with E-state index >= 15 is 0 Å². The van der Waals surface area contributed by atoms with E-state index in [-0.39, 0.29) is 0 Å². The van der Waals surface area contributed by atoms with Gasteiger partial charge in [-0.05, 0) is 69.4 Å². The highest BCUT2D eigenvalue weighted by Crippen LogP contribution is 2.47. The lowest BCUT2D eigenvalue weighted by molar-refractivity contribution is 0.672. The molecule has 0 aliphatic carbocycles. The summed E-state index contributed by atoms with van der Waals surface area (Å²) in [6.45, 7) is 0. The molecule has 0 N–H and O–H groups in total. The van der Waals surface area contributed by atoms with Crippen LogP contribution in [-0.2, 0) is 0 Å². The van der Waals surface area contributed by atoms with E-state index in [2.05, 4.69) is 181 Å². The van der Waals surface area contributed by atoms with Gasteiger partial charge in [0.05, 0.1) is 16.8 Å². The van der Waals surface area contributed by atoms with Gasteiger partial charge < -0.3 is 9.32 Å². The third kappa shape index (κ3) is 4.27. The van der Waals surface area contributed by atoms with Crippen LogP contribution < -0.4 is 4.90 Å². The number of fused-ring (bicyclic) bond motifs is 6. The molecule has 216 valence electrons. The van der Waals surface area contributed by atoms with Crippen molar-refractivity contribution in [3.63, 3.8) is 0 Å². The third-order valence-electron chi connectivity index (χ3n) is 9.07. The number of hydrogen-bond donors (Lipinski definition) is 0. The number of anilines is 3. The summed E-state index contributed by atoms with van der Waals surface area (Å²) in [5.74, 6) is 0. The van der Waals surface area contributed by atoms with Crippen molar-refractivity contribution in [3.8, 4) is 22.3 Å². The second-order valence-corrected chi connectivity index (χ2v) is 11.7. The number of hydrogen-bond acceptors (Lipinski definition) is 2. The molecule has 0 spiro atoms. The third-order valence-corrected chi connectivity index (χ3v) is 9.07. The van der Waals surface area contributed by atoms with E-state index in [1.165, 1.54) is 38.4 Å². The molecule has 0 fully saturated rings. The maximum absolute atomic E-state index is 6.64. The van der Waals surface area contributed by atoms with Gasteiger partial charge in [-0.3, -0.25) is 0 Å². The normalized spacial score (nSPS) is 11.5. The molecular weight excluding hydrogens is 558 g/mol. The molecule has 0 bridgehead atoms. The first-order valence-corrected chi connectivity index (χ1v) is 15.7. The molecule has 8 aromatic carbocycles. The van der Waals surface area contributed by atoms with Crippen molar-refractivity contribution in [1.82, 2.24) is 0 Å². The fourth-order valence-corrected chi connectivity index (χ4v) is 6.91. The summed E-state index contributed by atoms with van der Waals surface area (Å²) in [6.07, 6.45) is 0.